The number of nitrogens with zero attached hydrogens (tertiary/aromatic N) is 2. The third kappa shape index (κ3) is 3.79. The van der Waals surface area contributed by atoms with Crippen molar-refractivity contribution in [3.05, 3.63) is 0 Å². The lowest BCUT2D eigenvalue weighted by Crippen LogP contribution is -2.48. The molecule has 0 aromatic rings. The van der Waals surface area contributed by atoms with Crippen molar-refractivity contribution in [2.24, 2.45) is 17.7 Å². The summed E-state index contributed by atoms with van der Waals surface area (Å²) in [5.74, 6) is 5.73. The Balaban J connectivity index is 1.85. The molecule has 2 aliphatic rings. The molecule has 0 aromatic heterocycles. The molecule has 20 heavy (non-hydrogen) atoms. The molecule has 0 aromatic carbocycles. The van der Waals surface area contributed by atoms with Crippen LogP contribution in [0.3, 0.4) is 0 Å². The maximum Gasteiger partial charge on any atom is 0.240 e. The van der Waals surface area contributed by atoms with Gasteiger partial charge in [-0.15, -0.1) is 0 Å². The van der Waals surface area contributed by atoms with Gasteiger partial charge in [0.2, 0.25) is 5.91 Å². The van der Waals surface area contributed by atoms with E-state index in [0.717, 1.165) is 45.3 Å². The number of carbonyl (C=O) groups excluding carboxylic acids is 2. The molecule has 5 nitrogen and oxygen atoms in total. The smallest absolute Gasteiger partial charge is 0.240 e. The zero-order valence-corrected chi connectivity index (χ0v) is 12.5. The zero-order chi connectivity index (χ0) is 14.5. The van der Waals surface area contributed by atoms with Crippen LogP contribution in [0.25, 0.3) is 0 Å². The first-order valence-electron chi connectivity index (χ1n) is 7.88. The normalized spacial score (nSPS) is 27.5. The average Bonchev–Trinajstić information content (AvgIpc) is 2.97. The van der Waals surface area contributed by atoms with Crippen LogP contribution in [0.2, 0.25) is 0 Å². The third-order valence-corrected chi connectivity index (χ3v) is 4.74. The fourth-order valence-corrected chi connectivity index (χ4v) is 3.49. The molecule has 0 radical (unpaired) electrons. The minimum absolute atomic E-state index is 0.0379. The van der Waals surface area contributed by atoms with Gasteiger partial charge >= 0.3 is 0 Å². The number of Topliss-reactive ketones (excluding diaryl/α,β-unsaturated/α-hetero) is 1. The number of ketones is 1. The van der Waals surface area contributed by atoms with E-state index >= 15 is 0 Å². The van der Waals surface area contributed by atoms with Gasteiger partial charge in [-0.05, 0) is 45.7 Å². The first-order valence-corrected chi connectivity index (χ1v) is 7.88. The molecule has 1 aliphatic carbocycles. The summed E-state index contributed by atoms with van der Waals surface area (Å²) < 4.78 is 0. The van der Waals surface area contributed by atoms with Crippen LogP contribution in [0.5, 0.6) is 0 Å². The summed E-state index contributed by atoms with van der Waals surface area (Å²) in [6.07, 6.45) is 6.21. The van der Waals surface area contributed by atoms with Crippen molar-refractivity contribution in [3.63, 3.8) is 0 Å². The van der Waals surface area contributed by atoms with Crippen molar-refractivity contribution in [2.45, 2.75) is 45.4 Å². The number of rotatable bonds is 5. The van der Waals surface area contributed by atoms with Gasteiger partial charge in [0, 0.05) is 24.9 Å². The molecular formula is C15H27N3O2. The highest BCUT2D eigenvalue weighted by Crippen LogP contribution is 2.31. The molecule has 114 valence electrons. The van der Waals surface area contributed by atoms with E-state index in [-0.39, 0.29) is 23.5 Å². The van der Waals surface area contributed by atoms with E-state index in [2.05, 4.69) is 4.90 Å². The van der Waals surface area contributed by atoms with Gasteiger partial charge in [-0.2, -0.15) is 0 Å². The summed E-state index contributed by atoms with van der Waals surface area (Å²) in [5.41, 5.74) is 0. The number of hydrazine groups is 1. The van der Waals surface area contributed by atoms with E-state index in [0.29, 0.717) is 6.54 Å². The van der Waals surface area contributed by atoms with E-state index in [9.17, 15) is 9.59 Å². The first kappa shape index (κ1) is 15.4. The number of hydrogen-bond donors (Lipinski definition) is 1. The molecule has 2 atom stereocenters. The number of carbonyl (C=O) groups is 2. The molecule has 0 spiro atoms. The predicted octanol–water partition coefficient (Wildman–Crippen LogP) is 1.18. The summed E-state index contributed by atoms with van der Waals surface area (Å²) in [5, 5.41) is 1.35. The summed E-state index contributed by atoms with van der Waals surface area (Å²) in [6.45, 7) is 5.24. The standard InChI is InChI=1S/C15H27N3O2/c1-12(19)13-6-2-3-7-14(13)15(20)18(16)11-10-17-8-4-5-9-17/h13-14H,2-11,16H2,1H3/t13-,14-/m0/s1. The lowest BCUT2D eigenvalue weighted by atomic mass is 9.76. The van der Waals surface area contributed by atoms with E-state index in [1.165, 1.54) is 17.9 Å². The Morgan fingerprint density at radius 1 is 1.10 bits per heavy atom. The largest absolute Gasteiger partial charge is 0.302 e. The van der Waals surface area contributed by atoms with E-state index in [4.69, 9.17) is 5.84 Å². The first-order chi connectivity index (χ1) is 9.59. The van der Waals surface area contributed by atoms with Crippen LogP contribution in [-0.4, -0.2) is 47.8 Å². The molecule has 1 amide bonds. The maximum atomic E-state index is 12.4. The van der Waals surface area contributed by atoms with E-state index < -0.39 is 0 Å². The Bertz CT molecular complexity index is 353. The average molecular weight is 281 g/mol. The number of likely N-dealkylation sites (tertiary alicyclic amines) is 1. The van der Waals surface area contributed by atoms with Crippen molar-refractivity contribution >= 4 is 11.7 Å². The fourth-order valence-electron chi connectivity index (χ4n) is 3.49. The third-order valence-electron chi connectivity index (χ3n) is 4.74. The van der Waals surface area contributed by atoms with Gasteiger partial charge in [0.1, 0.15) is 5.78 Å². The van der Waals surface area contributed by atoms with Crippen molar-refractivity contribution in [1.29, 1.82) is 0 Å². The molecule has 1 saturated carbocycles. The van der Waals surface area contributed by atoms with Crippen LogP contribution in [0.4, 0.5) is 0 Å². The van der Waals surface area contributed by atoms with Crippen molar-refractivity contribution < 1.29 is 9.59 Å². The van der Waals surface area contributed by atoms with Crippen molar-refractivity contribution in [2.75, 3.05) is 26.2 Å². The highest BCUT2D eigenvalue weighted by Gasteiger charge is 2.35. The number of amides is 1. The Hall–Kier alpha value is -0.940. The maximum absolute atomic E-state index is 12.4. The van der Waals surface area contributed by atoms with Crippen LogP contribution in [0, 0.1) is 11.8 Å². The van der Waals surface area contributed by atoms with Crippen LogP contribution >= 0.6 is 0 Å². The summed E-state index contributed by atoms with van der Waals surface area (Å²) >= 11 is 0. The molecule has 2 rings (SSSR count). The Morgan fingerprint density at radius 3 is 2.30 bits per heavy atom. The summed E-state index contributed by atoms with van der Waals surface area (Å²) in [6, 6.07) is 0. The van der Waals surface area contributed by atoms with Crippen LogP contribution in [-0.2, 0) is 9.59 Å². The highest BCUT2D eigenvalue weighted by molar-refractivity contribution is 5.87. The second-order valence-corrected chi connectivity index (χ2v) is 6.19. The molecule has 2 N–H and O–H groups in total. The van der Waals surface area contributed by atoms with Gasteiger partial charge in [0.15, 0.2) is 0 Å². The van der Waals surface area contributed by atoms with Crippen molar-refractivity contribution in [1.82, 2.24) is 9.91 Å². The molecule has 1 heterocycles. The second kappa shape index (κ2) is 7.18. The SMILES string of the molecule is CC(=O)[C@@H]1CCCC[C@@H]1C(=O)N(N)CCN1CCCC1. The lowest BCUT2D eigenvalue weighted by Gasteiger charge is -2.32. The minimum atomic E-state index is -0.190. The molecule has 0 bridgehead atoms. The number of hydrogen-bond acceptors (Lipinski definition) is 4. The molecule has 1 aliphatic heterocycles. The Kier molecular flexibility index (Phi) is 5.54. The van der Waals surface area contributed by atoms with Gasteiger partial charge in [-0.25, -0.2) is 5.84 Å². The summed E-state index contributed by atoms with van der Waals surface area (Å²) in [7, 11) is 0. The zero-order valence-electron chi connectivity index (χ0n) is 12.5. The fraction of sp³-hybridized carbons (Fsp3) is 0.867. The van der Waals surface area contributed by atoms with Gasteiger partial charge in [0.05, 0.1) is 0 Å². The minimum Gasteiger partial charge on any atom is -0.302 e. The molecule has 0 unspecified atom stereocenters. The molecule has 1 saturated heterocycles. The van der Waals surface area contributed by atoms with E-state index in [1.54, 1.807) is 6.92 Å². The molecule has 5 heteroatoms. The quantitative estimate of drug-likeness (QED) is 0.467. The highest BCUT2D eigenvalue weighted by atomic mass is 16.2. The Morgan fingerprint density at radius 2 is 1.70 bits per heavy atom. The molecular weight excluding hydrogens is 254 g/mol. The summed E-state index contributed by atoms with van der Waals surface area (Å²) in [4.78, 5) is 26.5. The number of nitrogens with two attached hydrogens (primary N) is 1. The van der Waals surface area contributed by atoms with Crippen LogP contribution in [0.1, 0.15) is 45.4 Å². The topological polar surface area (TPSA) is 66.6 Å². The lowest BCUT2D eigenvalue weighted by molar-refractivity contribution is -0.142. The Labute approximate surface area is 121 Å². The predicted molar refractivity (Wildman–Crippen MR) is 77.7 cm³/mol. The van der Waals surface area contributed by atoms with Crippen LogP contribution in [0.15, 0.2) is 0 Å². The van der Waals surface area contributed by atoms with E-state index in [1.807, 2.05) is 0 Å². The van der Waals surface area contributed by atoms with Gasteiger partial charge < -0.3 is 4.90 Å². The van der Waals surface area contributed by atoms with Gasteiger partial charge in [-0.3, -0.25) is 14.6 Å². The monoisotopic (exact) mass is 281 g/mol. The van der Waals surface area contributed by atoms with Gasteiger partial charge in [0.25, 0.3) is 0 Å². The van der Waals surface area contributed by atoms with Crippen molar-refractivity contribution in [3.8, 4) is 0 Å². The van der Waals surface area contributed by atoms with Gasteiger partial charge in [-0.1, -0.05) is 12.8 Å². The second-order valence-electron chi connectivity index (χ2n) is 6.19. The molecule has 2 fully saturated rings. The van der Waals surface area contributed by atoms with Crippen LogP contribution < -0.4 is 5.84 Å².